The molecule has 0 atom stereocenters. The first-order valence-electron chi connectivity index (χ1n) is 7.85. The van der Waals surface area contributed by atoms with Crippen LogP contribution in [0.4, 0.5) is 0 Å². The molecule has 0 radical (unpaired) electrons. The summed E-state index contributed by atoms with van der Waals surface area (Å²) in [5, 5.41) is 0. The summed E-state index contributed by atoms with van der Waals surface area (Å²) >= 11 is 0. The van der Waals surface area contributed by atoms with Crippen molar-refractivity contribution in [3.8, 4) is 17.2 Å². The van der Waals surface area contributed by atoms with Gasteiger partial charge in [-0.3, -0.25) is 4.79 Å². The summed E-state index contributed by atoms with van der Waals surface area (Å²) < 4.78 is 16.5. The molecule has 24 heavy (non-hydrogen) atoms. The van der Waals surface area contributed by atoms with Gasteiger partial charge < -0.3 is 14.2 Å². The first kappa shape index (κ1) is 17.5. The first-order valence-corrected chi connectivity index (χ1v) is 7.85. The average Bonchev–Trinajstić information content (AvgIpc) is 2.61. The number of ether oxygens (including phenoxy) is 3. The molecule has 2 rings (SSSR count). The van der Waals surface area contributed by atoms with Crippen molar-refractivity contribution in [2.45, 2.75) is 20.3 Å². The van der Waals surface area contributed by atoms with Crippen molar-refractivity contribution in [2.24, 2.45) is 0 Å². The number of carbonyl (C=O) groups is 2. The normalized spacial score (nSPS) is 10.1. The van der Waals surface area contributed by atoms with Gasteiger partial charge in [-0.25, -0.2) is 4.79 Å². The van der Waals surface area contributed by atoms with Crippen molar-refractivity contribution >= 4 is 12.3 Å². The molecule has 0 aliphatic rings. The highest BCUT2D eigenvalue weighted by molar-refractivity contribution is 5.94. The minimum atomic E-state index is -0.540. The Morgan fingerprint density at radius 3 is 2.50 bits per heavy atom. The maximum absolute atomic E-state index is 12.5. The van der Waals surface area contributed by atoms with Crippen molar-refractivity contribution in [2.75, 3.05) is 13.2 Å². The Hall–Kier alpha value is -2.82. The SMILES string of the molecule is CCCOc1ccccc1C(=O)Oc1ccc(C=O)cc1OCC. The molecule has 0 aliphatic carbocycles. The minimum absolute atomic E-state index is 0.262. The van der Waals surface area contributed by atoms with Gasteiger partial charge in [0.1, 0.15) is 17.6 Å². The summed E-state index contributed by atoms with van der Waals surface area (Å²) in [6, 6.07) is 11.6. The summed E-state index contributed by atoms with van der Waals surface area (Å²) in [6.07, 6.45) is 1.55. The van der Waals surface area contributed by atoms with Crippen LogP contribution in [0.5, 0.6) is 17.2 Å². The van der Waals surface area contributed by atoms with E-state index in [1.165, 1.54) is 0 Å². The molecule has 0 N–H and O–H groups in total. The largest absolute Gasteiger partial charge is 0.493 e. The standard InChI is InChI=1S/C19H20O5/c1-3-11-23-16-8-6-5-7-15(16)19(21)24-17-10-9-14(13-20)12-18(17)22-4-2/h5-10,12-13H,3-4,11H2,1-2H3. The summed E-state index contributed by atoms with van der Waals surface area (Å²) in [5.74, 6) is 0.550. The second-order valence-corrected chi connectivity index (χ2v) is 4.99. The fourth-order valence-corrected chi connectivity index (χ4v) is 2.08. The highest BCUT2D eigenvalue weighted by Gasteiger charge is 2.17. The molecule has 5 nitrogen and oxygen atoms in total. The van der Waals surface area contributed by atoms with E-state index >= 15 is 0 Å². The fraction of sp³-hybridized carbons (Fsp3) is 0.263. The maximum atomic E-state index is 12.5. The lowest BCUT2D eigenvalue weighted by Crippen LogP contribution is -2.12. The van der Waals surface area contributed by atoms with Gasteiger partial charge in [0.2, 0.25) is 0 Å². The van der Waals surface area contributed by atoms with Crippen LogP contribution in [0.15, 0.2) is 42.5 Å². The molecule has 0 spiro atoms. The molecule has 0 heterocycles. The van der Waals surface area contributed by atoms with Crippen LogP contribution in [0.25, 0.3) is 0 Å². The lowest BCUT2D eigenvalue weighted by atomic mass is 10.2. The van der Waals surface area contributed by atoms with Crippen molar-refractivity contribution in [1.29, 1.82) is 0 Å². The molecule has 0 saturated heterocycles. The van der Waals surface area contributed by atoms with Crippen LogP contribution >= 0.6 is 0 Å². The number of rotatable bonds is 8. The predicted molar refractivity (Wildman–Crippen MR) is 90.2 cm³/mol. The topological polar surface area (TPSA) is 61.8 Å². The third-order valence-corrected chi connectivity index (χ3v) is 3.18. The Morgan fingerprint density at radius 1 is 1.00 bits per heavy atom. The summed E-state index contributed by atoms with van der Waals surface area (Å²) in [5.41, 5.74) is 0.790. The lowest BCUT2D eigenvalue weighted by Gasteiger charge is -2.13. The number of para-hydroxylation sites is 1. The molecule has 0 aromatic heterocycles. The summed E-state index contributed by atoms with van der Waals surface area (Å²) in [7, 11) is 0. The highest BCUT2D eigenvalue weighted by atomic mass is 16.6. The van der Waals surface area contributed by atoms with E-state index in [0.29, 0.717) is 42.1 Å². The van der Waals surface area contributed by atoms with E-state index in [4.69, 9.17) is 14.2 Å². The van der Waals surface area contributed by atoms with Crippen LogP contribution in [0.2, 0.25) is 0 Å². The molecule has 0 saturated carbocycles. The number of esters is 1. The second-order valence-electron chi connectivity index (χ2n) is 4.99. The molecular formula is C19H20O5. The number of aldehydes is 1. The zero-order valence-electron chi connectivity index (χ0n) is 13.8. The molecule has 0 fully saturated rings. The van der Waals surface area contributed by atoms with Crippen molar-refractivity contribution in [3.05, 3.63) is 53.6 Å². The number of hydrogen-bond acceptors (Lipinski definition) is 5. The quantitative estimate of drug-likeness (QED) is 0.418. The van der Waals surface area contributed by atoms with E-state index in [0.717, 1.165) is 6.42 Å². The van der Waals surface area contributed by atoms with E-state index in [-0.39, 0.29) is 5.75 Å². The zero-order chi connectivity index (χ0) is 17.4. The van der Waals surface area contributed by atoms with Gasteiger partial charge in [-0.05, 0) is 43.7 Å². The first-order chi connectivity index (χ1) is 11.7. The second kappa shape index (κ2) is 8.72. The van der Waals surface area contributed by atoms with Crippen LogP contribution < -0.4 is 14.2 Å². The van der Waals surface area contributed by atoms with E-state index in [9.17, 15) is 9.59 Å². The Balaban J connectivity index is 2.25. The molecule has 2 aromatic carbocycles. The minimum Gasteiger partial charge on any atom is -0.493 e. The van der Waals surface area contributed by atoms with Gasteiger partial charge in [0.25, 0.3) is 0 Å². The van der Waals surface area contributed by atoms with Crippen molar-refractivity contribution in [3.63, 3.8) is 0 Å². The molecule has 0 aliphatic heterocycles. The van der Waals surface area contributed by atoms with Crippen LogP contribution in [0.3, 0.4) is 0 Å². The van der Waals surface area contributed by atoms with Gasteiger partial charge in [-0.15, -0.1) is 0 Å². The molecule has 126 valence electrons. The van der Waals surface area contributed by atoms with Gasteiger partial charge in [-0.2, -0.15) is 0 Å². The van der Waals surface area contributed by atoms with E-state index < -0.39 is 5.97 Å². The third kappa shape index (κ3) is 4.35. The van der Waals surface area contributed by atoms with Crippen LogP contribution in [-0.2, 0) is 0 Å². The van der Waals surface area contributed by atoms with Crippen LogP contribution in [-0.4, -0.2) is 25.5 Å². The van der Waals surface area contributed by atoms with Gasteiger partial charge >= 0.3 is 5.97 Å². The maximum Gasteiger partial charge on any atom is 0.347 e. The highest BCUT2D eigenvalue weighted by Crippen LogP contribution is 2.30. The molecule has 2 aromatic rings. The zero-order valence-corrected chi connectivity index (χ0v) is 13.8. The molecule has 0 bridgehead atoms. The van der Waals surface area contributed by atoms with Gasteiger partial charge in [0, 0.05) is 5.56 Å². The molecule has 5 heteroatoms. The van der Waals surface area contributed by atoms with E-state index in [1.807, 2.05) is 13.8 Å². The van der Waals surface area contributed by atoms with E-state index in [1.54, 1.807) is 42.5 Å². The molecule has 0 unspecified atom stereocenters. The Labute approximate surface area is 141 Å². The van der Waals surface area contributed by atoms with Gasteiger partial charge in [-0.1, -0.05) is 19.1 Å². The summed E-state index contributed by atoms with van der Waals surface area (Å²) in [4.78, 5) is 23.4. The third-order valence-electron chi connectivity index (χ3n) is 3.18. The lowest BCUT2D eigenvalue weighted by molar-refractivity contribution is 0.0724. The van der Waals surface area contributed by atoms with Gasteiger partial charge in [0.05, 0.1) is 13.2 Å². The van der Waals surface area contributed by atoms with Crippen LogP contribution in [0.1, 0.15) is 41.0 Å². The predicted octanol–water partition coefficient (Wildman–Crippen LogP) is 3.91. The number of hydrogen-bond donors (Lipinski definition) is 0. The van der Waals surface area contributed by atoms with Crippen molar-refractivity contribution < 1.29 is 23.8 Å². The number of benzene rings is 2. The Bertz CT molecular complexity index is 709. The smallest absolute Gasteiger partial charge is 0.347 e. The van der Waals surface area contributed by atoms with E-state index in [2.05, 4.69) is 0 Å². The fourth-order valence-electron chi connectivity index (χ4n) is 2.08. The summed E-state index contributed by atoms with van der Waals surface area (Å²) in [6.45, 7) is 4.71. The van der Waals surface area contributed by atoms with Crippen molar-refractivity contribution in [1.82, 2.24) is 0 Å². The molecular weight excluding hydrogens is 308 g/mol. The molecule has 0 amide bonds. The average molecular weight is 328 g/mol. The van der Waals surface area contributed by atoms with Gasteiger partial charge in [0.15, 0.2) is 11.5 Å². The van der Waals surface area contributed by atoms with Crippen LogP contribution in [0, 0.1) is 0 Å². The number of carbonyl (C=O) groups excluding carboxylic acids is 2. The Kier molecular flexibility index (Phi) is 6.37. The monoisotopic (exact) mass is 328 g/mol. The Morgan fingerprint density at radius 2 is 1.79 bits per heavy atom.